The lowest BCUT2D eigenvalue weighted by atomic mass is 9.83. The molecule has 2 aromatic carbocycles. The van der Waals surface area contributed by atoms with Crippen LogP contribution in [0.1, 0.15) is 49.5 Å². The number of aliphatic hydroxyl groups excluding tert-OH is 1. The van der Waals surface area contributed by atoms with Crippen LogP contribution < -0.4 is 4.74 Å². The highest BCUT2D eigenvalue weighted by Gasteiger charge is 2.22. The summed E-state index contributed by atoms with van der Waals surface area (Å²) in [5.41, 5.74) is 2.95. The molecule has 1 fully saturated rings. The van der Waals surface area contributed by atoms with Crippen LogP contribution in [0.3, 0.4) is 0 Å². The molecular formula is C23H24ClNO2S. The molecule has 0 spiro atoms. The predicted molar refractivity (Wildman–Crippen MR) is 115 cm³/mol. The molecule has 4 rings (SSSR count). The molecule has 5 heteroatoms. The van der Waals surface area contributed by atoms with E-state index in [1.165, 1.54) is 19.3 Å². The first-order chi connectivity index (χ1) is 13.7. The van der Waals surface area contributed by atoms with Crippen LogP contribution in [0.15, 0.2) is 53.9 Å². The van der Waals surface area contributed by atoms with Gasteiger partial charge in [-0.15, -0.1) is 11.3 Å². The monoisotopic (exact) mass is 413 g/mol. The molecule has 0 amide bonds. The van der Waals surface area contributed by atoms with Gasteiger partial charge >= 0.3 is 0 Å². The number of nitrogens with zero attached hydrogens (tertiary/aromatic N) is 1. The number of rotatable bonds is 6. The van der Waals surface area contributed by atoms with Crippen LogP contribution in [0.2, 0.25) is 5.02 Å². The maximum absolute atomic E-state index is 10.6. The van der Waals surface area contributed by atoms with Crippen molar-refractivity contribution in [3.05, 3.63) is 70.2 Å². The second-order valence-corrected chi connectivity index (χ2v) is 8.65. The largest absolute Gasteiger partial charge is 0.487 e. The highest BCUT2D eigenvalue weighted by Crippen LogP contribution is 2.35. The third-order valence-corrected chi connectivity index (χ3v) is 6.54. The van der Waals surface area contributed by atoms with Crippen LogP contribution in [0.4, 0.5) is 0 Å². The third-order valence-electron chi connectivity index (χ3n) is 5.35. The molecule has 0 bridgehead atoms. The van der Waals surface area contributed by atoms with Gasteiger partial charge in [0.25, 0.3) is 0 Å². The first-order valence-electron chi connectivity index (χ1n) is 9.80. The van der Waals surface area contributed by atoms with Crippen LogP contribution in [0.25, 0.3) is 10.6 Å². The number of ether oxygens (including phenoxy) is 1. The Morgan fingerprint density at radius 3 is 2.46 bits per heavy atom. The maximum atomic E-state index is 10.6. The van der Waals surface area contributed by atoms with Crippen molar-refractivity contribution in [2.24, 2.45) is 5.92 Å². The molecule has 1 saturated carbocycles. The second kappa shape index (κ2) is 9.08. The lowest BCUT2D eigenvalue weighted by Crippen LogP contribution is -2.15. The summed E-state index contributed by atoms with van der Waals surface area (Å²) in [5.74, 6) is 1.18. The summed E-state index contributed by atoms with van der Waals surface area (Å²) in [6.07, 6.45) is 5.64. The van der Waals surface area contributed by atoms with Crippen LogP contribution >= 0.6 is 22.9 Å². The summed E-state index contributed by atoms with van der Waals surface area (Å²) in [6.45, 7) is 0.425. The van der Waals surface area contributed by atoms with E-state index in [0.29, 0.717) is 12.5 Å². The van der Waals surface area contributed by atoms with Crippen molar-refractivity contribution in [3.63, 3.8) is 0 Å². The van der Waals surface area contributed by atoms with Gasteiger partial charge in [0.05, 0.1) is 11.8 Å². The molecule has 0 aliphatic heterocycles. The van der Waals surface area contributed by atoms with Gasteiger partial charge < -0.3 is 9.84 Å². The highest BCUT2D eigenvalue weighted by molar-refractivity contribution is 7.13. The zero-order valence-corrected chi connectivity index (χ0v) is 17.3. The Kier molecular flexibility index (Phi) is 6.30. The van der Waals surface area contributed by atoms with E-state index < -0.39 is 0 Å². The molecule has 1 atom stereocenters. The van der Waals surface area contributed by atoms with Gasteiger partial charge in [-0.25, -0.2) is 4.98 Å². The summed E-state index contributed by atoms with van der Waals surface area (Å²) < 4.78 is 5.88. The topological polar surface area (TPSA) is 42.4 Å². The molecule has 28 heavy (non-hydrogen) atoms. The normalized spacial score (nSPS) is 16.1. The van der Waals surface area contributed by atoms with Gasteiger partial charge in [-0.1, -0.05) is 55.1 Å². The van der Waals surface area contributed by atoms with E-state index in [2.05, 4.69) is 4.98 Å². The molecule has 0 saturated heterocycles. The smallest absolute Gasteiger partial charge is 0.131 e. The Balaban J connectivity index is 1.34. The third kappa shape index (κ3) is 4.75. The van der Waals surface area contributed by atoms with Crippen molar-refractivity contribution < 1.29 is 9.84 Å². The number of aromatic nitrogens is 1. The van der Waals surface area contributed by atoms with Crippen molar-refractivity contribution >= 4 is 22.9 Å². The molecular weight excluding hydrogens is 390 g/mol. The van der Waals surface area contributed by atoms with Crippen LogP contribution in [0, 0.1) is 5.92 Å². The van der Waals surface area contributed by atoms with E-state index in [0.717, 1.165) is 45.4 Å². The molecule has 0 radical (unpaired) electrons. The zero-order valence-electron chi connectivity index (χ0n) is 15.7. The van der Waals surface area contributed by atoms with Crippen molar-refractivity contribution in [1.29, 1.82) is 0 Å². The van der Waals surface area contributed by atoms with Gasteiger partial charge in [-0.3, -0.25) is 0 Å². The molecule has 1 aromatic heterocycles. The standard InChI is InChI=1S/C23H24ClNO2S/c24-19-10-6-18(7-11-19)23-25-20(15-28-23)14-27-21-12-8-17(9-13-21)22(26)16-4-2-1-3-5-16/h6-13,15-16,22,26H,1-5,14H2. The molecule has 1 heterocycles. The van der Waals surface area contributed by atoms with E-state index in [1.54, 1.807) is 11.3 Å². The fourth-order valence-corrected chi connectivity index (χ4v) is 4.68. The Morgan fingerprint density at radius 1 is 1.04 bits per heavy atom. The number of halogens is 1. The number of benzene rings is 2. The quantitative estimate of drug-likeness (QED) is 0.491. The Hall–Kier alpha value is -1.88. The zero-order chi connectivity index (χ0) is 19.3. The van der Waals surface area contributed by atoms with E-state index in [4.69, 9.17) is 16.3 Å². The first-order valence-corrected chi connectivity index (χ1v) is 11.1. The van der Waals surface area contributed by atoms with E-state index >= 15 is 0 Å². The highest BCUT2D eigenvalue weighted by atomic mass is 35.5. The molecule has 1 aliphatic rings. The van der Waals surface area contributed by atoms with Gasteiger partial charge in [0, 0.05) is 16.0 Å². The van der Waals surface area contributed by atoms with E-state index in [9.17, 15) is 5.11 Å². The van der Waals surface area contributed by atoms with Gasteiger partial charge in [-0.2, -0.15) is 0 Å². The fraction of sp³-hybridized carbons (Fsp3) is 0.348. The van der Waals surface area contributed by atoms with Crippen molar-refractivity contribution in [1.82, 2.24) is 4.98 Å². The average molecular weight is 414 g/mol. The molecule has 3 aromatic rings. The number of thiazole rings is 1. The Bertz CT molecular complexity index is 886. The molecule has 3 nitrogen and oxygen atoms in total. The van der Waals surface area contributed by atoms with Gasteiger partial charge in [0.2, 0.25) is 0 Å². The summed E-state index contributed by atoms with van der Waals surface area (Å²) in [7, 11) is 0. The lowest BCUT2D eigenvalue weighted by Gasteiger charge is -2.26. The summed E-state index contributed by atoms with van der Waals surface area (Å²) in [4.78, 5) is 4.64. The minimum atomic E-state index is -0.366. The summed E-state index contributed by atoms with van der Waals surface area (Å²) in [6, 6.07) is 15.5. The first kappa shape index (κ1) is 19.4. The minimum absolute atomic E-state index is 0.366. The molecule has 146 valence electrons. The molecule has 1 unspecified atom stereocenters. The summed E-state index contributed by atoms with van der Waals surface area (Å²) >= 11 is 7.54. The van der Waals surface area contributed by atoms with Crippen molar-refractivity contribution in [3.8, 4) is 16.3 Å². The van der Waals surface area contributed by atoms with Crippen molar-refractivity contribution in [2.45, 2.75) is 44.8 Å². The van der Waals surface area contributed by atoms with Crippen LogP contribution in [-0.2, 0) is 6.61 Å². The lowest BCUT2D eigenvalue weighted by molar-refractivity contribution is 0.0848. The molecule has 1 N–H and O–H groups in total. The SMILES string of the molecule is OC(c1ccc(OCc2csc(-c3ccc(Cl)cc3)n2)cc1)C1CCCCC1. The number of hydrogen-bond acceptors (Lipinski definition) is 4. The maximum Gasteiger partial charge on any atom is 0.131 e. The fourth-order valence-electron chi connectivity index (χ4n) is 3.74. The molecule has 1 aliphatic carbocycles. The number of hydrogen-bond donors (Lipinski definition) is 1. The van der Waals surface area contributed by atoms with Gasteiger partial charge in [0.15, 0.2) is 0 Å². The van der Waals surface area contributed by atoms with Gasteiger partial charge in [0.1, 0.15) is 17.4 Å². The van der Waals surface area contributed by atoms with E-state index in [1.807, 2.05) is 53.9 Å². The van der Waals surface area contributed by atoms with Gasteiger partial charge in [-0.05, 0) is 48.6 Å². The average Bonchev–Trinajstić information content (AvgIpc) is 3.22. The number of aliphatic hydroxyl groups is 1. The Morgan fingerprint density at radius 2 is 1.75 bits per heavy atom. The predicted octanol–water partition coefficient (Wildman–Crippen LogP) is 6.66. The second-order valence-electron chi connectivity index (χ2n) is 7.35. The van der Waals surface area contributed by atoms with Crippen LogP contribution in [0.5, 0.6) is 5.75 Å². The van der Waals surface area contributed by atoms with Crippen LogP contribution in [-0.4, -0.2) is 10.1 Å². The van der Waals surface area contributed by atoms with Crippen molar-refractivity contribution in [2.75, 3.05) is 0 Å². The van der Waals surface area contributed by atoms with E-state index in [-0.39, 0.29) is 6.10 Å². The summed E-state index contributed by atoms with van der Waals surface area (Å²) in [5, 5.41) is 14.3. The Labute approximate surface area is 175 Å². The minimum Gasteiger partial charge on any atom is -0.487 e.